The van der Waals surface area contributed by atoms with Crippen LogP contribution < -0.4 is 0 Å². The molecule has 1 fully saturated rings. The monoisotopic (exact) mass is 355 g/mol. The van der Waals surface area contributed by atoms with E-state index in [1.54, 1.807) is 11.3 Å². The first-order valence-electron chi connectivity index (χ1n) is 5.77. The van der Waals surface area contributed by atoms with Crippen molar-refractivity contribution in [2.24, 2.45) is 0 Å². The van der Waals surface area contributed by atoms with Crippen LogP contribution in [0.3, 0.4) is 0 Å². The Bertz CT molecular complexity index is 597. The Morgan fingerprint density at radius 3 is 2.84 bits per heavy atom. The smallest absolute Gasteiger partial charge is 0.319 e. The third kappa shape index (κ3) is 3.01. The lowest BCUT2D eigenvalue weighted by atomic mass is 10.2. The summed E-state index contributed by atoms with van der Waals surface area (Å²) >= 11 is 6.49. The van der Waals surface area contributed by atoms with Crippen molar-refractivity contribution in [2.75, 3.05) is 6.61 Å². The fourth-order valence-corrected chi connectivity index (χ4v) is 4.08. The summed E-state index contributed by atoms with van der Waals surface area (Å²) in [5.41, 5.74) is 2.03. The van der Waals surface area contributed by atoms with E-state index in [0.717, 1.165) is 26.5 Å². The van der Waals surface area contributed by atoms with E-state index in [2.05, 4.69) is 20.9 Å². The molecule has 3 nitrogen and oxygen atoms in total. The lowest BCUT2D eigenvalue weighted by Crippen LogP contribution is -2.08. The predicted octanol–water partition coefficient (Wildman–Crippen LogP) is 3.98. The molecule has 1 atom stereocenters. The quantitative estimate of drug-likeness (QED) is 0.780. The highest BCUT2D eigenvalue weighted by Gasteiger charge is 2.28. The van der Waals surface area contributed by atoms with Gasteiger partial charge in [-0.3, -0.25) is 4.79 Å². The van der Waals surface area contributed by atoms with E-state index in [4.69, 9.17) is 4.74 Å². The third-order valence-electron chi connectivity index (χ3n) is 2.75. The van der Waals surface area contributed by atoms with Crippen LogP contribution in [0.15, 0.2) is 38.5 Å². The van der Waals surface area contributed by atoms with Crippen LogP contribution in [-0.4, -0.2) is 22.8 Å². The van der Waals surface area contributed by atoms with Crippen molar-refractivity contribution in [1.29, 1.82) is 0 Å². The number of ether oxygens (including phenoxy) is 1. The maximum atomic E-state index is 11.4. The number of hydrogen-bond donors (Lipinski definition) is 0. The molecular formula is C13H10BrNO2S2. The molecule has 0 spiro atoms. The molecule has 1 aromatic heterocycles. The lowest BCUT2D eigenvalue weighted by Gasteiger charge is -2.00. The molecule has 1 aliphatic heterocycles. The average Bonchev–Trinajstić information content (AvgIpc) is 3.01. The van der Waals surface area contributed by atoms with Crippen molar-refractivity contribution in [2.45, 2.75) is 16.0 Å². The summed E-state index contributed by atoms with van der Waals surface area (Å²) in [7, 11) is 0. The second kappa shape index (κ2) is 5.64. The molecule has 1 aliphatic rings. The first-order valence-corrected chi connectivity index (χ1v) is 8.32. The van der Waals surface area contributed by atoms with Gasteiger partial charge in [0.25, 0.3) is 0 Å². The van der Waals surface area contributed by atoms with Crippen LogP contribution in [0.1, 0.15) is 6.42 Å². The van der Waals surface area contributed by atoms with Crippen LogP contribution in [0.4, 0.5) is 0 Å². The van der Waals surface area contributed by atoms with E-state index in [0.29, 0.717) is 6.61 Å². The first kappa shape index (κ1) is 13.1. The minimum atomic E-state index is -0.120. The van der Waals surface area contributed by atoms with Gasteiger partial charge in [0, 0.05) is 21.8 Å². The number of thioether (sulfide) groups is 1. The number of halogens is 1. The molecule has 0 N–H and O–H groups in total. The van der Waals surface area contributed by atoms with Gasteiger partial charge in [-0.1, -0.05) is 39.8 Å². The van der Waals surface area contributed by atoms with E-state index in [1.165, 1.54) is 11.8 Å². The van der Waals surface area contributed by atoms with E-state index in [9.17, 15) is 4.79 Å². The largest absolute Gasteiger partial charge is 0.465 e. The van der Waals surface area contributed by atoms with Crippen LogP contribution in [0.25, 0.3) is 11.3 Å². The molecule has 1 saturated heterocycles. The normalized spacial score (nSPS) is 18.6. The highest BCUT2D eigenvalue weighted by Crippen LogP contribution is 2.34. The molecule has 0 aliphatic carbocycles. The van der Waals surface area contributed by atoms with Crippen molar-refractivity contribution in [3.05, 3.63) is 34.1 Å². The number of carbonyl (C=O) groups is 1. The van der Waals surface area contributed by atoms with Crippen LogP contribution >= 0.6 is 39.0 Å². The summed E-state index contributed by atoms with van der Waals surface area (Å²) in [5.74, 6) is -0.120. The Kier molecular flexibility index (Phi) is 3.91. The molecule has 2 aromatic rings. The number of carbonyl (C=O) groups excluding carboxylic acids is 1. The van der Waals surface area contributed by atoms with Gasteiger partial charge in [-0.05, 0) is 12.1 Å². The molecule has 3 rings (SSSR count). The number of hydrogen-bond acceptors (Lipinski definition) is 5. The Morgan fingerprint density at radius 1 is 1.37 bits per heavy atom. The SMILES string of the molecule is O=C1OCCC1Sc1nc(-c2ccc(Br)cc2)cs1. The summed E-state index contributed by atoms with van der Waals surface area (Å²) in [5, 5.41) is 1.93. The van der Waals surface area contributed by atoms with Crippen molar-refractivity contribution in [3.63, 3.8) is 0 Å². The fraction of sp³-hybridized carbons (Fsp3) is 0.231. The van der Waals surface area contributed by atoms with Crippen LogP contribution in [-0.2, 0) is 9.53 Å². The summed E-state index contributed by atoms with van der Waals surface area (Å²) in [6.45, 7) is 0.529. The second-order valence-electron chi connectivity index (χ2n) is 4.07. The Morgan fingerprint density at radius 2 is 2.16 bits per heavy atom. The Balaban J connectivity index is 1.75. The summed E-state index contributed by atoms with van der Waals surface area (Å²) < 4.78 is 6.92. The number of rotatable bonds is 3. The van der Waals surface area contributed by atoms with Crippen LogP contribution in [0.5, 0.6) is 0 Å². The summed E-state index contributed by atoms with van der Waals surface area (Å²) in [6.07, 6.45) is 0.775. The zero-order chi connectivity index (χ0) is 13.2. The Hall–Kier alpha value is -0.850. The number of esters is 1. The molecule has 1 aromatic carbocycles. The average molecular weight is 356 g/mol. The van der Waals surface area contributed by atoms with E-state index < -0.39 is 0 Å². The first-order chi connectivity index (χ1) is 9.22. The van der Waals surface area contributed by atoms with Gasteiger partial charge in [-0.25, -0.2) is 4.98 Å². The van der Waals surface area contributed by atoms with Crippen molar-refractivity contribution in [3.8, 4) is 11.3 Å². The lowest BCUT2D eigenvalue weighted by molar-refractivity contribution is -0.137. The van der Waals surface area contributed by atoms with Gasteiger partial charge < -0.3 is 4.74 Å². The number of thiazole rings is 1. The van der Waals surface area contributed by atoms with Gasteiger partial charge in [-0.2, -0.15) is 0 Å². The van der Waals surface area contributed by atoms with Crippen LogP contribution in [0, 0.1) is 0 Å². The minimum absolute atomic E-state index is 0.0936. The number of cyclic esters (lactones) is 1. The topological polar surface area (TPSA) is 39.2 Å². The molecule has 2 heterocycles. The third-order valence-corrected chi connectivity index (χ3v) is 5.50. The number of nitrogens with zero attached hydrogens (tertiary/aromatic N) is 1. The maximum absolute atomic E-state index is 11.4. The van der Waals surface area contributed by atoms with Crippen molar-refractivity contribution < 1.29 is 9.53 Å². The highest BCUT2D eigenvalue weighted by atomic mass is 79.9. The molecule has 0 amide bonds. The van der Waals surface area contributed by atoms with E-state index >= 15 is 0 Å². The molecule has 0 saturated carbocycles. The maximum Gasteiger partial charge on any atom is 0.319 e. The second-order valence-corrected chi connectivity index (χ2v) is 7.29. The molecule has 98 valence electrons. The van der Waals surface area contributed by atoms with Gasteiger partial charge in [-0.15, -0.1) is 11.3 Å². The highest BCUT2D eigenvalue weighted by molar-refractivity contribution is 9.10. The standard InChI is InChI=1S/C13H10BrNO2S2/c14-9-3-1-8(2-4-9)10-7-18-13(15-10)19-11-5-6-17-12(11)16/h1-4,7,11H,5-6H2. The van der Waals surface area contributed by atoms with E-state index in [1.807, 2.05) is 29.6 Å². The predicted molar refractivity (Wildman–Crippen MR) is 80.5 cm³/mol. The molecule has 1 unspecified atom stereocenters. The van der Waals surface area contributed by atoms with E-state index in [-0.39, 0.29) is 11.2 Å². The molecule has 6 heteroatoms. The molecule has 0 bridgehead atoms. The Labute approximate surface area is 127 Å². The van der Waals surface area contributed by atoms with Crippen molar-refractivity contribution >= 4 is 45.0 Å². The van der Waals surface area contributed by atoms with Crippen LogP contribution in [0.2, 0.25) is 0 Å². The summed E-state index contributed by atoms with van der Waals surface area (Å²) in [4.78, 5) is 16.0. The van der Waals surface area contributed by atoms with Crippen molar-refractivity contribution in [1.82, 2.24) is 4.98 Å². The van der Waals surface area contributed by atoms with Gasteiger partial charge in [0.2, 0.25) is 0 Å². The molecule has 19 heavy (non-hydrogen) atoms. The minimum Gasteiger partial charge on any atom is -0.465 e. The molecular weight excluding hydrogens is 346 g/mol. The van der Waals surface area contributed by atoms with Gasteiger partial charge in [0.1, 0.15) is 5.25 Å². The number of benzene rings is 1. The zero-order valence-corrected chi connectivity index (χ0v) is 13.1. The molecule has 0 radical (unpaired) electrons. The fourth-order valence-electron chi connectivity index (χ4n) is 1.77. The van der Waals surface area contributed by atoms with Gasteiger partial charge >= 0.3 is 5.97 Å². The zero-order valence-electron chi connectivity index (χ0n) is 9.84. The van der Waals surface area contributed by atoms with Gasteiger partial charge in [0.05, 0.1) is 12.3 Å². The summed E-state index contributed by atoms with van der Waals surface area (Å²) in [6, 6.07) is 8.04. The van der Waals surface area contributed by atoms with Gasteiger partial charge in [0.15, 0.2) is 4.34 Å². The number of aromatic nitrogens is 1.